The first-order valence-corrected chi connectivity index (χ1v) is 17.1. The smallest absolute Gasteiger partial charge is 0.414 e. The van der Waals surface area contributed by atoms with Crippen LogP contribution in [-0.2, 0) is 22.4 Å². The van der Waals surface area contributed by atoms with Gasteiger partial charge in [0, 0.05) is 24.0 Å². The van der Waals surface area contributed by atoms with E-state index >= 15 is 4.11 Å². The monoisotopic (exact) mass is 566 g/mol. The maximum absolute atomic E-state index is 15.6. The summed E-state index contributed by atoms with van der Waals surface area (Å²) in [6.07, 6.45) is 3.56. The minimum Gasteiger partial charge on any atom is -0.447 e. The number of aromatic nitrogens is 3. The first-order chi connectivity index (χ1) is 19.2. The lowest BCUT2D eigenvalue weighted by Crippen LogP contribution is -2.36. The van der Waals surface area contributed by atoms with Gasteiger partial charge in [-0.15, -0.1) is 5.10 Å². The number of rotatable bonds is 11. The molecule has 2 fully saturated rings. The number of carbonyl (C=O) groups excluding carboxylic acids is 1. The molecule has 1 amide bonds. The summed E-state index contributed by atoms with van der Waals surface area (Å²) in [6.45, 7) is 7.18. The molecule has 8 nitrogen and oxygen atoms in total. The molecule has 2 aromatic carbocycles. The predicted molar refractivity (Wildman–Crippen MR) is 154 cm³/mol. The molecule has 5 atom stereocenters. The zero-order valence-electron chi connectivity index (χ0n) is 23.4. The fraction of sp³-hybridized carbons (Fsp3) is 0.500. The lowest BCUT2D eigenvalue weighted by atomic mass is 9.95. The number of hydrogen-bond acceptors (Lipinski definition) is 6. The first-order valence-electron chi connectivity index (χ1n) is 14.2. The van der Waals surface area contributed by atoms with E-state index in [-0.39, 0.29) is 42.3 Å². The minimum atomic E-state index is -3.00. The van der Waals surface area contributed by atoms with E-state index in [2.05, 4.69) is 23.3 Å². The molecule has 2 aliphatic heterocycles. The van der Waals surface area contributed by atoms with E-state index in [4.69, 9.17) is 9.47 Å². The molecule has 2 aliphatic rings. The van der Waals surface area contributed by atoms with Crippen LogP contribution in [0.4, 0.5) is 14.6 Å². The number of hydrogen-bond donors (Lipinski definition) is 1. The van der Waals surface area contributed by atoms with Gasteiger partial charge >= 0.3 is 6.09 Å². The molecule has 0 saturated carbocycles. The lowest BCUT2D eigenvalue weighted by molar-refractivity contribution is 0.0247. The number of aliphatic hydroxyl groups excluding tert-OH is 1. The van der Waals surface area contributed by atoms with Crippen molar-refractivity contribution in [1.29, 1.82) is 0 Å². The van der Waals surface area contributed by atoms with E-state index in [0.29, 0.717) is 31.8 Å². The Balaban J connectivity index is 1.22. The van der Waals surface area contributed by atoms with Crippen molar-refractivity contribution in [3.8, 4) is 0 Å². The number of nitrogens with zero attached hydrogens (tertiary/aromatic N) is 4. The molecule has 5 rings (SSSR count). The fourth-order valence-corrected chi connectivity index (χ4v) is 8.96. The van der Waals surface area contributed by atoms with E-state index in [9.17, 15) is 9.90 Å². The molecule has 1 unspecified atom stereocenters. The van der Waals surface area contributed by atoms with E-state index in [1.54, 1.807) is 22.7 Å². The summed E-state index contributed by atoms with van der Waals surface area (Å²) in [5, 5.41) is 18.6. The van der Waals surface area contributed by atoms with E-state index in [1.165, 1.54) is 0 Å². The number of aliphatic hydroxyl groups is 1. The molecule has 0 radical (unpaired) electrons. The van der Waals surface area contributed by atoms with Crippen molar-refractivity contribution in [3.63, 3.8) is 0 Å². The van der Waals surface area contributed by atoms with Gasteiger partial charge in [0.1, 0.15) is 6.61 Å². The van der Waals surface area contributed by atoms with Crippen molar-refractivity contribution in [2.45, 2.75) is 69.5 Å². The topological polar surface area (TPSA) is 89.7 Å². The van der Waals surface area contributed by atoms with Crippen molar-refractivity contribution < 1.29 is 23.5 Å². The van der Waals surface area contributed by atoms with Crippen molar-refractivity contribution >= 4 is 20.2 Å². The van der Waals surface area contributed by atoms with Gasteiger partial charge in [0.15, 0.2) is 0 Å². The molecule has 40 heavy (non-hydrogen) atoms. The van der Waals surface area contributed by atoms with Gasteiger partial charge in [-0.2, -0.15) is 0 Å². The summed E-state index contributed by atoms with van der Waals surface area (Å²) in [4.78, 5) is 13.6. The van der Waals surface area contributed by atoms with E-state index < -0.39 is 8.41 Å². The largest absolute Gasteiger partial charge is 0.447 e. The van der Waals surface area contributed by atoms with E-state index in [1.807, 2.05) is 54.7 Å². The molecule has 3 aromatic rings. The Kier molecular flexibility index (Phi) is 8.67. The number of aryl methyl sites for hydroxylation is 2. The Hall–Kier alpha value is -3.08. The third-order valence-electron chi connectivity index (χ3n) is 8.34. The number of amides is 1. The molecule has 10 heteroatoms. The van der Waals surface area contributed by atoms with Gasteiger partial charge in [0.2, 0.25) is 8.41 Å². The Morgan fingerprint density at radius 1 is 1.12 bits per heavy atom. The van der Waals surface area contributed by atoms with Crippen LogP contribution in [0.5, 0.6) is 0 Å². The highest BCUT2D eigenvalue weighted by molar-refractivity contribution is 6.72. The predicted octanol–water partition coefficient (Wildman–Crippen LogP) is 5.33. The third-order valence-corrected chi connectivity index (χ3v) is 10.8. The highest BCUT2D eigenvalue weighted by Gasteiger charge is 2.50. The van der Waals surface area contributed by atoms with Crippen LogP contribution in [0.15, 0.2) is 60.8 Å². The van der Waals surface area contributed by atoms with Gasteiger partial charge < -0.3 is 18.7 Å². The van der Waals surface area contributed by atoms with E-state index in [0.717, 1.165) is 29.7 Å². The van der Waals surface area contributed by atoms with Crippen LogP contribution >= 0.6 is 0 Å². The van der Waals surface area contributed by atoms with Gasteiger partial charge in [-0.05, 0) is 61.5 Å². The van der Waals surface area contributed by atoms with Gasteiger partial charge in [-0.3, -0.25) is 9.58 Å². The average Bonchev–Trinajstić information content (AvgIpc) is 3.66. The summed E-state index contributed by atoms with van der Waals surface area (Å²) < 4.78 is 29.0. The standard InChI is InChI=1S/C30H39FN4O4Si/c1-21-27(13-12-22-8-7-11-24(18-22)35-16-17-38-30(35)37)39-28(29(21)40(2,3)31)14-15-34-19-26(32-33-34)25(20-36)23-9-5-4-6-10-23/h4-11,18-19,21,25,27-29,36H,12-17,20H2,1-3H3/t21-,25?,27+,28-,29+/m1/s1. The van der Waals surface area contributed by atoms with Crippen molar-refractivity contribution in [3.05, 3.63) is 77.6 Å². The summed E-state index contributed by atoms with van der Waals surface area (Å²) >= 11 is 0. The molecule has 214 valence electrons. The summed E-state index contributed by atoms with van der Waals surface area (Å²) in [5.74, 6) is -0.127. The van der Waals surface area contributed by atoms with Crippen molar-refractivity contribution in [2.24, 2.45) is 5.92 Å². The SMILES string of the molecule is C[C@H]1[C@H]([Si](C)(C)F)[C@@H](CCn2cc(C(CO)c3ccccc3)nn2)O[C@H]1CCc1cccc(N2CCOC2=O)c1. The fourth-order valence-electron chi connectivity index (χ4n) is 6.36. The lowest BCUT2D eigenvalue weighted by Gasteiger charge is -2.28. The quantitative estimate of drug-likeness (QED) is 0.249. The molecular formula is C30H39FN4O4Si. The van der Waals surface area contributed by atoms with Crippen LogP contribution in [0.3, 0.4) is 0 Å². The summed E-state index contributed by atoms with van der Waals surface area (Å²) in [5.41, 5.74) is 3.56. The zero-order valence-corrected chi connectivity index (χ0v) is 24.4. The van der Waals surface area contributed by atoms with Crippen molar-refractivity contribution in [1.82, 2.24) is 15.0 Å². The highest BCUT2D eigenvalue weighted by Crippen LogP contribution is 2.47. The number of halogens is 1. The average molecular weight is 567 g/mol. The summed E-state index contributed by atoms with van der Waals surface area (Å²) in [7, 11) is -3.00. The molecular weight excluding hydrogens is 527 g/mol. The number of anilines is 1. The highest BCUT2D eigenvalue weighted by atomic mass is 28.4. The first kappa shape index (κ1) is 28.4. The maximum atomic E-state index is 15.6. The molecule has 0 bridgehead atoms. The molecule has 2 saturated heterocycles. The van der Waals surface area contributed by atoms with Crippen LogP contribution in [0.25, 0.3) is 0 Å². The molecule has 3 heterocycles. The number of ether oxygens (including phenoxy) is 2. The Labute approximate surface area is 236 Å². The third kappa shape index (κ3) is 6.29. The number of cyclic esters (lactones) is 1. The van der Waals surface area contributed by atoms with Crippen LogP contribution in [0, 0.1) is 5.92 Å². The van der Waals surface area contributed by atoms with Crippen molar-refractivity contribution in [2.75, 3.05) is 24.7 Å². The van der Waals surface area contributed by atoms with Crippen LogP contribution in [0.2, 0.25) is 18.6 Å². The Morgan fingerprint density at radius 2 is 1.93 bits per heavy atom. The molecule has 0 aliphatic carbocycles. The Bertz CT molecular complexity index is 1280. The summed E-state index contributed by atoms with van der Waals surface area (Å²) in [6, 6.07) is 17.8. The number of benzene rings is 2. The minimum absolute atomic E-state index is 0.0407. The second kappa shape index (κ2) is 12.2. The van der Waals surface area contributed by atoms with Crippen LogP contribution in [0.1, 0.15) is 42.5 Å². The van der Waals surface area contributed by atoms with Crippen LogP contribution < -0.4 is 4.90 Å². The van der Waals surface area contributed by atoms with Gasteiger partial charge in [0.05, 0.1) is 37.0 Å². The number of carbonyl (C=O) groups is 1. The van der Waals surface area contributed by atoms with Gasteiger partial charge in [0.25, 0.3) is 0 Å². The Morgan fingerprint density at radius 3 is 2.62 bits per heavy atom. The van der Waals surface area contributed by atoms with Gasteiger partial charge in [-0.25, -0.2) is 4.79 Å². The molecule has 0 spiro atoms. The van der Waals surface area contributed by atoms with Gasteiger partial charge in [-0.1, -0.05) is 54.6 Å². The maximum Gasteiger partial charge on any atom is 0.414 e. The van der Waals surface area contributed by atoms with Crippen LogP contribution in [-0.4, -0.2) is 66.6 Å². The molecule has 1 N–H and O–H groups in total. The second-order valence-electron chi connectivity index (χ2n) is 11.5. The normalized spacial score (nSPS) is 23.9. The molecule has 1 aromatic heterocycles. The second-order valence-corrected chi connectivity index (χ2v) is 15.3. The zero-order chi connectivity index (χ0) is 28.3.